The average Bonchev–Trinajstić information content (AvgIpc) is 2.34. The zero-order valence-electron chi connectivity index (χ0n) is 5.98. The Kier molecular flexibility index (Phi) is 2.50. The highest BCUT2D eigenvalue weighted by Crippen LogP contribution is 1.96. The van der Waals surface area contributed by atoms with Crippen LogP contribution < -0.4 is 0 Å². The Labute approximate surface area is 62.7 Å². The molecule has 1 unspecified atom stereocenters. The lowest BCUT2D eigenvalue weighted by Crippen LogP contribution is -1.81. The maximum Gasteiger partial charge on any atom is 0.0768 e. The van der Waals surface area contributed by atoms with Crippen molar-refractivity contribution < 1.29 is 0 Å². The van der Waals surface area contributed by atoms with E-state index in [0.29, 0.717) is 0 Å². The summed E-state index contributed by atoms with van der Waals surface area (Å²) in [6.45, 7) is 3.84. The van der Waals surface area contributed by atoms with Crippen molar-refractivity contribution in [1.29, 1.82) is 0 Å². The molecule has 4 heteroatoms. The molecule has 0 amide bonds. The van der Waals surface area contributed by atoms with Crippen LogP contribution in [0.1, 0.15) is 13.8 Å². The summed E-state index contributed by atoms with van der Waals surface area (Å²) in [5.74, 6) is 0. The van der Waals surface area contributed by atoms with Gasteiger partial charge >= 0.3 is 0 Å². The molecular formula is C6H9N3S. The van der Waals surface area contributed by atoms with Gasteiger partial charge in [-0.25, -0.2) is 0 Å². The first-order chi connectivity index (χ1) is 4.79. The van der Waals surface area contributed by atoms with Crippen LogP contribution in [-0.4, -0.2) is 11.3 Å². The van der Waals surface area contributed by atoms with E-state index in [1.54, 1.807) is 11.7 Å². The third-order valence-corrected chi connectivity index (χ3v) is 1.80. The lowest BCUT2D eigenvalue weighted by Gasteiger charge is -1.84. The second-order valence-corrected chi connectivity index (χ2v) is 3.36. The summed E-state index contributed by atoms with van der Waals surface area (Å²) >= 11 is 0. The van der Waals surface area contributed by atoms with Crippen molar-refractivity contribution >= 4 is 21.9 Å². The van der Waals surface area contributed by atoms with Gasteiger partial charge in [-0.3, -0.25) is 4.99 Å². The van der Waals surface area contributed by atoms with Crippen molar-refractivity contribution in [3.63, 3.8) is 0 Å². The second-order valence-electron chi connectivity index (χ2n) is 2.02. The van der Waals surface area contributed by atoms with E-state index >= 15 is 0 Å². The second kappa shape index (κ2) is 3.41. The highest BCUT2D eigenvalue weighted by molar-refractivity contribution is 8.03. The molecule has 0 aliphatic carbocycles. The van der Waals surface area contributed by atoms with Gasteiger partial charge in [0.15, 0.2) is 0 Å². The van der Waals surface area contributed by atoms with Crippen LogP contribution in [-0.2, 0) is 10.7 Å². The molecule has 0 saturated heterocycles. The molecule has 1 rings (SSSR count). The van der Waals surface area contributed by atoms with Gasteiger partial charge in [0.05, 0.1) is 5.55 Å². The smallest absolute Gasteiger partial charge is 0.0768 e. The van der Waals surface area contributed by atoms with E-state index in [1.807, 2.05) is 19.3 Å². The average molecular weight is 155 g/mol. The van der Waals surface area contributed by atoms with Gasteiger partial charge in [-0.15, -0.1) is 4.47 Å². The fraction of sp³-hybridized carbons (Fsp3) is 0.333. The van der Waals surface area contributed by atoms with Gasteiger partial charge in [0.1, 0.15) is 0 Å². The van der Waals surface area contributed by atoms with Gasteiger partial charge in [-0.05, 0) is 24.5 Å². The number of nitrogens with zero attached hydrogens (tertiary/aromatic N) is 3. The molecule has 0 aromatic heterocycles. The SMILES string of the molecule is CC(C)=NN=S1C=CN=C1. The lowest BCUT2D eigenvalue weighted by atomic mass is 10.5. The van der Waals surface area contributed by atoms with E-state index < -0.39 is 0 Å². The van der Waals surface area contributed by atoms with Crippen LogP contribution in [0.2, 0.25) is 0 Å². The lowest BCUT2D eigenvalue weighted by molar-refractivity contribution is 1.26. The number of rotatable bonds is 1. The molecule has 0 aromatic rings. The topological polar surface area (TPSA) is 37.1 Å². The molecule has 0 spiro atoms. The molecule has 0 saturated carbocycles. The van der Waals surface area contributed by atoms with E-state index in [2.05, 4.69) is 14.6 Å². The van der Waals surface area contributed by atoms with Crippen molar-refractivity contribution in [2.24, 2.45) is 14.6 Å². The standard InChI is InChI=1S/C6H9N3S/c1-6(2)8-9-10-4-3-7-5-10/h3-5H,1-2H3. The molecule has 1 aliphatic heterocycles. The van der Waals surface area contributed by atoms with Crippen molar-refractivity contribution in [2.75, 3.05) is 0 Å². The summed E-state index contributed by atoms with van der Waals surface area (Å²) in [5, 5.41) is 5.84. The first kappa shape index (κ1) is 7.34. The highest BCUT2D eigenvalue weighted by atomic mass is 32.2. The summed E-state index contributed by atoms with van der Waals surface area (Å²) in [6.07, 6.45) is 1.74. The molecule has 0 aromatic carbocycles. The van der Waals surface area contributed by atoms with Gasteiger partial charge in [-0.1, -0.05) is 0 Å². The van der Waals surface area contributed by atoms with Crippen LogP contribution in [0, 0.1) is 0 Å². The largest absolute Gasteiger partial charge is 0.256 e. The van der Waals surface area contributed by atoms with Crippen LogP contribution in [0.4, 0.5) is 0 Å². The van der Waals surface area contributed by atoms with Crippen molar-refractivity contribution in [1.82, 2.24) is 0 Å². The van der Waals surface area contributed by atoms with Gasteiger partial charge in [0, 0.05) is 17.3 Å². The highest BCUT2D eigenvalue weighted by Gasteiger charge is 1.89. The molecule has 54 valence electrons. The van der Waals surface area contributed by atoms with Crippen molar-refractivity contribution in [3.05, 3.63) is 11.6 Å². The van der Waals surface area contributed by atoms with E-state index in [1.165, 1.54) is 0 Å². The fourth-order valence-corrected chi connectivity index (χ4v) is 1.22. The van der Waals surface area contributed by atoms with E-state index in [4.69, 9.17) is 0 Å². The Morgan fingerprint density at radius 3 is 2.80 bits per heavy atom. The summed E-state index contributed by atoms with van der Waals surface area (Å²) in [4.78, 5) is 3.89. The number of aliphatic imine (C=N–C) groups is 1. The molecule has 1 heterocycles. The molecule has 0 N–H and O–H groups in total. The first-order valence-electron chi connectivity index (χ1n) is 2.93. The molecule has 0 bridgehead atoms. The minimum absolute atomic E-state index is 0.183. The zero-order chi connectivity index (χ0) is 7.40. The molecule has 0 radical (unpaired) electrons. The molecule has 3 nitrogen and oxygen atoms in total. The third kappa shape index (κ3) is 2.23. The zero-order valence-corrected chi connectivity index (χ0v) is 6.80. The quantitative estimate of drug-likeness (QED) is 0.408. The van der Waals surface area contributed by atoms with Gasteiger partial charge in [-0.2, -0.15) is 5.10 Å². The summed E-state index contributed by atoms with van der Waals surface area (Å²) in [5.41, 5.74) is 2.76. The van der Waals surface area contributed by atoms with Crippen molar-refractivity contribution in [2.45, 2.75) is 13.8 Å². The maximum absolute atomic E-state index is 4.00. The van der Waals surface area contributed by atoms with Crippen LogP contribution in [0.25, 0.3) is 0 Å². The Hall–Kier alpha value is -0.770. The molecule has 1 atom stereocenters. The number of hydrogen-bond acceptors (Lipinski definition) is 2. The minimum Gasteiger partial charge on any atom is -0.256 e. The third-order valence-electron chi connectivity index (χ3n) is 0.790. The van der Waals surface area contributed by atoms with Crippen LogP contribution in [0.5, 0.6) is 0 Å². The van der Waals surface area contributed by atoms with Crippen LogP contribution in [0.3, 0.4) is 0 Å². The first-order valence-corrected chi connectivity index (χ1v) is 4.24. The predicted molar refractivity (Wildman–Crippen MR) is 46.2 cm³/mol. The monoisotopic (exact) mass is 155 g/mol. The van der Waals surface area contributed by atoms with Gasteiger partial charge < -0.3 is 0 Å². The van der Waals surface area contributed by atoms with Crippen LogP contribution >= 0.6 is 0 Å². The Balaban J connectivity index is 2.65. The number of hydrogen-bond donors (Lipinski definition) is 0. The Bertz CT molecular complexity index is 219. The summed E-state index contributed by atoms with van der Waals surface area (Å²) in [6, 6.07) is 0. The molecular weight excluding hydrogens is 146 g/mol. The molecule has 10 heavy (non-hydrogen) atoms. The van der Waals surface area contributed by atoms with Gasteiger partial charge in [0.25, 0.3) is 0 Å². The maximum atomic E-state index is 4.00. The minimum atomic E-state index is -0.183. The van der Waals surface area contributed by atoms with E-state index in [9.17, 15) is 0 Å². The Morgan fingerprint density at radius 1 is 1.50 bits per heavy atom. The summed E-state index contributed by atoms with van der Waals surface area (Å²) in [7, 11) is -0.183. The van der Waals surface area contributed by atoms with Gasteiger partial charge in [0.2, 0.25) is 0 Å². The fourth-order valence-electron chi connectivity index (χ4n) is 0.407. The van der Waals surface area contributed by atoms with E-state index in [0.717, 1.165) is 5.71 Å². The van der Waals surface area contributed by atoms with Crippen molar-refractivity contribution in [3.8, 4) is 0 Å². The predicted octanol–water partition coefficient (Wildman–Crippen LogP) is 1.70. The molecule has 0 fully saturated rings. The Morgan fingerprint density at radius 2 is 2.30 bits per heavy atom. The molecule has 1 aliphatic rings. The summed E-state index contributed by atoms with van der Waals surface area (Å²) < 4.78 is 4.00. The van der Waals surface area contributed by atoms with Crippen LogP contribution in [0.15, 0.2) is 26.2 Å². The normalized spacial score (nSPS) is 22.0. The van der Waals surface area contributed by atoms with E-state index in [-0.39, 0.29) is 10.7 Å².